The standard InChI is InChI=1S/C15H18N2O3/c1-2-3-6-9-16-15(20)17-11-13-8-5-4-7-12(13)10-14(18)19/h4-5,7-8H,6,9-11H2,1H3,(H,18,19)(H2,16,17,20). The molecule has 0 heterocycles. The topological polar surface area (TPSA) is 78.4 Å². The molecule has 5 heteroatoms. The lowest BCUT2D eigenvalue weighted by Gasteiger charge is -2.10. The Balaban J connectivity index is 2.46. The van der Waals surface area contributed by atoms with Gasteiger partial charge < -0.3 is 15.7 Å². The van der Waals surface area contributed by atoms with Crippen molar-refractivity contribution in [1.82, 2.24) is 10.6 Å². The first kappa shape index (κ1) is 15.6. The molecule has 0 saturated heterocycles. The molecule has 0 aliphatic rings. The monoisotopic (exact) mass is 274 g/mol. The summed E-state index contributed by atoms with van der Waals surface area (Å²) in [7, 11) is 0. The van der Waals surface area contributed by atoms with Gasteiger partial charge in [0.1, 0.15) is 0 Å². The van der Waals surface area contributed by atoms with Crippen LogP contribution in [0.15, 0.2) is 24.3 Å². The molecule has 0 aromatic heterocycles. The highest BCUT2D eigenvalue weighted by Crippen LogP contribution is 2.09. The van der Waals surface area contributed by atoms with Crippen LogP contribution < -0.4 is 10.6 Å². The van der Waals surface area contributed by atoms with E-state index >= 15 is 0 Å². The Labute approximate surface area is 118 Å². The zero-order valence-corrected chi connectivity index (χ0v) is 11.4. The number of amides is 2. The molecular formula is C15H18N2O3. The van der Waals surface area contributed by atoms with E-state index in [4.69, 9.17) is 5.11 Å². The first-order valence-electron chi connectivity index (χ1n) is 6.33. The Morgan fingerprint density at radius 2 is 1.90 bits per heavy atom. The number of nitrogens with one attached hydrogen (secondary N) is 2. The van der Waals surface area contributed by atoms with Gasteiger partial charge in [0.05, 0.1) is 6.42 Å². The van der Waals surface area contributed by atoms with Gasteiger partial charge in [-0.2, -0.15) is 0 Å². The van der Waals surface area contributed by atoms with Crippen molar-refractivity contribution in [3.63, 3.8) is 0 Å². The molecule has 0 bridgehead atoms. The van der Waals surface area contributed by atoms with Crippen LogP contribution in [0.25, 0.3) is 0 Å². The molecule has 1 aromatic carbocycles. The van der Waals surface area contributed by atoms with E-state index in [-0.39, 0.29) is 12.5 Å². The van der Waals surface area contributed by atoms with Gasteiger partial charge in [-0.15, -0.1) is 11.8 Å². The highest BCUT2D eigenvalue weighted by Gasteiger charge is 2.07. The van der Waals surface area contributed by atoms with Crippen LogP contribution >= 0.6 is 0 Å². The maximum Gasteiger partial charge on any atom is 0.315 e. The summed E-state index contributed by atoms with van der Waals surface area (Å²) in [5.41, 5.74) is 1.51. The quantitative estimate of drug-likeness (QED) is 0.543. The molecular weight excluding hydrogens is 256 g/mol. The predicted molar refractivity (Wildman–Crippen MR) is 76.1 cm³/mol. The predicted octanol–water partition coefficient (Wildman–Crippen LogP) is 1.53. The molecule has 0 aliphatic carbocycles. The van der Waals surface area contributed by atoms with E-state index < -0.39 is 5.97 Å². The van der Waals surface area contributed by atoms with Gasteiger partial charge in [0.25, 0.3) is 0 Å². The minimum absolute atomic E-state index is 0.0500. The van der Waals surface area contributed by atoms with Crippen molar-refractivity contribution in [2.24, 2.45) is 0 Å². The summed E-state index contributed by atoms with van der Waals surface area (Å²) in [6, 6.07) is 6.87. The van der Waals surface area contributed by atoms with Crippen molar-refractivity contribution in [1.29, 1.82) is 0 Å². The lowest BCUT2D eigenvalue weighted by molar-refractivity contribution is -0.136. The van der Waals surface area contributed by atoms with E-state index in [1.807, 2.05) is 6.07 Å². The third kappa shape index (κ3) is 5.91. The molecule has 0 unspecified atom stereocenters. The van der Waals surface area contributed by atoms with Gasteiger partial charge in [-0.25, -0.2) is 4.79 Å². The number of hydrogen-bond acceptors (Lipinski definition) is 2. The first-order chi connectivity index (χ1) is 9.63. The second kappa shape index (κ2) is 8.59. The number of carboxylic acids is 1. The molecule has 0 fully saturated rings. The van der Waals surface area contributed by atoms with Crippen LogP contribution in [0.1, 0.15) is 24.5 Å². The minimum atomic E-state index is -0.889. The molecule has 0 radical (unpaired) electrons. The lowest BCUT2D eigenvalue weighted by atomic mass is 10.0. The van der Waals surface area contributed by atoms with E-state index in [0.29, 0.717) is 25.1 Å². The van der Waals surface area contributed by atoms with E-state index in [2.05, 4.69) is 22.5 Å². The third-order valence-electron chi connectivity index (χ3n) is 2.61. The third-order valence-corrected chi connectivity index (χ3v) is 2.61. The molecule has 106 valence electrons. The Kier molecular flexibility index (Phi) is 6.69. The maximum atomic E-state index is 11.5. The number of rotatable bonds is 6. The van der Waals surface area contributed by atoms with Gasteiger partial charge in [0.2, 0.25) is 0 Å². The largest absolute Gasteiger partial charge is 0.481 e. The molecule has 5 nitrogen and oxygen atoms in total. The van der Waals surface area contributed by atoms with Crippen molar-refractivity contribution in [3.05, 3.63) is 35.4 Å². The number of carbonyl (C=O) groups is 2. The molecule has 0 aliphatic heterocycles. The Morgan fingerprint density at radius 1 is 1.20 bits per heavy atom. The van der Waals surface area contributed by atoms with E-state index in [0.717, 1.165) is 5.56 Å². The highest BCUT2D eigenvalue weighted by molar-refractivity contribution is 5.74. The Hall–Kier alpha value is -2.48. The number of aliphatic carboxylic acids is 1. The summed E-state index contributed by atoms with van der Waals surface area (Å²) >= 11 is 0. The van der Waals surface area contributed by atoms with Crippen molar-refractivity contribution in [2.75, 3.05) is 6.54 Å². The van der Waals surface area contributed by atoms with Crippen LogP contribution in [0, 0.1) is 11.8 Å². The van der Waals surface area contributed by atoms with Gasteiger partial charge >= 0.3 is 12.0 Å². The van der Waals surface area contributed by atoms with Crippen LogP contribution in [-0.4, -0.2) is 23.7 Å². The fourth-order valence-electron chi connectivity index (χ4n) is 1.67. The van der Waals surface area contributed by atoms with E-state index in [9.17, 15) is 9.59 Å². The summed E-state index contributed by atoms with van der Waals surface area (Å²) in [6.45, 7) is 2.54. The number of carboxylic acid groups (broad SMARTS) is 1. The molecule has 0 saturated carbocycles. The van der Waals surface area contributed by atoms with Crippen molar-refractivity contribution in [2.45, 2.75) is 26.3 Å². The normalized spacial score (nSPS) is 9.25. The molecule has 20 heavy (non-hydrogen) atoms. The average Bonchev–Trinajstić information content (AvgIpc) is 2.42. The Bertz CT molecular complexity index is 529. The summed E-state index contributed by atoms with van der Waals surface area (Å²) in [5, 5.41) is 14.2. The van der Waals surface area contributed by atoms with Crippen molar-refractivity contribution >= 4 is 12.0 Å². The summed E-state index contributed by atoms with van der Waals surface area (Å²) in [4.78, 5) is 22.3. The van der Waals surface area contributed by atoms with Gasteiger partial charge in [-0.05, 0) is 18.1 Å². The summed E-state index contributed by atoms with van der Waals surface area (Å²) in [5.74, 6) is 4.71. The number of hydrogen-bond donors (Lipinski definition) is 3. The molecule has 1 aromatic rings. The van der Waals surface area contributed by atoms with Crippen molar-refractivity contribution in [3.8, 4) is 11.8 Å². The van der Waals surface area contributed by atoms with Crippen molar-refractivity contribution < 1.29 is 14.7 Å². The van der Waals surface area contributed by atoms with Gasteiger partial charge in [0, 0.05) is 19.5 Å². The summed E-state index contributed by atoms with van der Waals surface area (Å²) < 4.78 is 0. The van der Waals surface area contributed by atoms with Crippen LogP contribution in [0.4, 0.5) is 4.79 Å². The number of carbonyl (C=O) groups excluding carboxylic acids is 1. The highest BCUT2D eigenvalue weighted by atomic mass is 16.4. The fourth-order valence-corrected chi connectivity index (χ4v) is 1.67. The number of urea groups is 1. The SMILES string of the molecule is CC#CCCNC(=O)NCc1ccccc1CC(=O)O. The zero-order chi connectivity index (χ0) is 14.8. The molecule has 2 amide bonds. The molecule has 1 rings (SSSR count). The molecule has 0 atom stereocenters. The first-order valence-corrected chi connectivity index (χ1v) is 6.33. The van der Waals surface area contributed by atoms with Crippen LogP contribution in [0.3, 0.4) is 0 Å². The van der Waals surface area contributed by atoms with Gasteiger partial charge in [-0.3, -0.25) is 4.79 Å². The van der Waals surface area contributed by atoms with Crippen LogP contribution in [-0.2, 0) is 17.8 Å². The second-order valence-electron chi connectivity index (χ2n) is 4.13. The Morgan fingerprint density at radius 3 is 2.55 bits per heavy atom. The average molecular weight is 274 g/mol. The van der Waals surface area contributed by atoms with Crippen LogP contribution in [0.5, 0.6) is 0 Å². The smallest absolute Gasteiger partial charge is 0.315 e. The summed E-state index contributed by atoms with van der Waals surface area (Å²) in [6.07, 6.45) is 0.561. The maximum absolute atomic E-state index is 11.5. The van der Waals surface area contributed by atoms with Gasteiger partial charge in [0.15, 0.2) is 0 Å². The zero-order valence-electron chi connectivity index (χ0n) is 11.4. The van der Waals surface area contributed by atoms with E-state index in [1.54, 1.807) is 25.1 Å². The fraction of sp³-hybridized carbons (Fsp3) is 0.333. The van der Waals surface area contributed by atoms with Crippen LogP contribution in [0.2, 0.25) is 0 Å². The molecule has 3 N–H and O–H groups in total. The van der Waals surface area contributed by atoms with E-state index in [1.165, 1.54) is 0 Å². The minimum Gasteiger partial charge on any atom is -0.481 e. The molecule has 0 spiro atoms. The van der Waals surface area contributed by atoms with Gasteiger partial charge in [-0.1, -0.05) is 24.3 Å². The second-order valence-corrected chi connectivity index (χ2v) is 4.13. The lowest BCUT2D eigenvalue weighted by Crippen LogP contribution is -2.35. The number of benzene rings is 1.